The van der Waals surface area contributed by atoms with E-state index in [9.17, 15) is 4.79 Å². The average Bonchev–Trinajstić information content (AvgIpc) is 2.46. The predicted molar refractivity (Wildman–Crippen MR) is 78.5 cm³/mol. The summed E-state index contributed by atoms with van der Waals surface area (Å²) in [5.41, 5.74) is 2.28. The van der Waals surface area contributed by atoms with E-state index < -0.39 is 0 Å². The lowest BCUT2D eigenvalue weighted by molar-refractivity contribution is 0.0951. The third-order valence-corrected chi connectivity index (χ3v) is 2.80. The molecule has 0 atom stereocenters. The Hall–Kier alpha value is -2.43. The number of anilines is 1. The number of hydrogen-bond donors (Lipinski definition) is 2. The summed E-state index contributed by atoms with van der Waals surface area (Å²) in [6.07, 6.45) is 1.69. The van der Waals surface area contributed by atoms with E-state index in [-0.39, 0.29) is 5.91 Å². The number of aromatic nitrogens is 2. The van der Waals surface area contributed by atoms with E-state index in [2.05, 4.69) is 20.6 Å². The van der Waals surface area contributed by atoms with Crippen LogP contribution < -0.4 is 10.6 Å². The molecular formula is C15H18N4O. The van der Waals surface area contributed by atoms with E-state index in [4.69, 9.17) is 0 Å². The number of para-hydroxylation sites is 1. The van der Waals surface area contributed by atoms with Gasteiger partial charge in [0.2, 0.25) is 0 Å². The molecule has 1 aromatic heterocycles. The number of aryl methyl sites for hydroxylation is 1. The maximum atomic E-state index is 12.2. The van der Waals surface area contributed by atoms with Gasteiger partial charge >= 0.3 is 0 Å². The molecule has 0 unspecified atom stereocenters. The molecule has 0 saturated carbocycles. The molecule has 20 heavy (non-hydrogen) atoms. The number of nitrogens with one attached hydrogen (secondary N) is 2. The lowest BCUT2D eigenvalue weighted by Gasteiger charge is -2.10. The van der Waals surface area contributed by atoms with Gasteiger partial charge in [-0.15, -0.1) is 0 Å². The van der Waals surface area contributed by atoms with E-state index >= 15 is 0 Å². The molecule has 0 aliphatic rings. The van der Waals surface area contributed by atoms with Crippen molar-refractivity contribution in [2.45, 2.75) is 20.4 Å². The number of hydrogen-bond acceptors (Lipinski definition) is 4. The quantitative estimate of drug-likeness (QED) is 0.873. The monoisotopic (exact) mass is 270 g/mol. The maximum Gasteiger partial charge on any atom is 0.253 e. The van der Waals surface area contributed by atoms with Crippen molar-refractivity contribution in [1.29, 1.82) is 0 Å². The first-order valence-corrected chi connectivity index (χ1v) is 6.60. The summed E-state index contributed by atoms with van der Waals surface area (Å²) in [7, 11) is 0. The van der Waals surface area contributed by atoms with E-state index in [0.29, 0.717) is 17.9 Å². The van der Waals surface area contributed by atoms with E-state index in [0.717, 1.165) is 17.9 Å². The van der Waals surface area contributed by atoms with Gasteiger partial charge in [0.05, 0.1) is 17.8 Å². The normalized spacial score (nSPS) is 10.1. The zero-order valence-electron chi connectivity index (χ0n) is 11.7. The molecule has 2 aromatic rings. The van der Waals surface area contributed by atoms with Crippen molar-refractivity contribution >= 4 is 11.6 Å². The average molecular weight is 270 g/mol. The fraction of sp³-hybridized carbons (Fsp3) is 0.267. The van der Waals surface area contributed by atoms with Crippen LogP contribution in [0.2, 0.25) is 0 Å². The molecule has 0 fully saturated rings. The van der Waals surface area contributed by atoms with Gasteiger partial charge in [-0.25, -0.2) is 9.97 Å². The molecular weight excluding hydrogens is 252 g/mol. The Bertz CT molecular complexity index is 598. The predicted octanol–water partition coefficient (Wildman–Crippen LogP) is 2.15. The smallest absolute Gasteiger partial charge is 0.253 e. The SMILES string of the molecule is CCNc1ccccc1C(=O)NCc1ccnc(C)n1. The second-order valence-corrected chi connectivity index (χ2v) is 4.35. The molecule has 1 amide bonds. The first-order chi connectivity index (χ1) is 9.70. The molecule has 0 aliphatic heterocycles. The topological polar surface area (TPSA) is 66.9 Å². The van der Waals surface area contributed by atoms with Gasteiger partial charge in [-0.2, -0.15) is 0 Å². The first-order valence-electron chi connectivity index (χ1n) is 6.60. The van der Waals surface area contributed by atoms with Crippen LogP contribution in [-0.2, 0) is 6.54 Å². The zero-order chi connectivity index (χ0) is 14.4. The van der Waals surface area contributed by atoms with Crippen molar-refractivity contribution in [1.82, 2.24) is 15.3 Å². The number of carbonyl (C=O) groups excluding carboxylic acids is 1. The summed E-state index contributed by atoms with van der Waals surface area (Å²) in [5.74, 6) is 0.586. The van der Waals surface area contributed by atoms with Gasteiger partial charge in [0.25, 0.3) is 5.91 Å². The highest BCUT2D eigenvalue weighted by Gasteiger charge is 2.10. The maximum absolute atomic E-state index is 12.2. The number of amides is 1. The van der Waals surface area contributed by atoms with Crippen LogP contribution in [0.4, 0.5) is 5.69 Å². The molecule has 0 saturated heterocycles. The molecule has 5 heteroatoms. The number of rotatable bonds is 5. The van der Waals surface area contributed by atoms with Crippen LogP contribution in [-0.4, -0.2) is 22.4 Å². The molecule has 104 valence electrons. The van der Waals surface area contributed by atoms with E-state index in [1.165, 1.54) is 0 Å². The highest BCUT2D eigenvalue weighted by atomic mass is 16.1. The first kappa shape index (κ1) is 14.0. The summed E-state index contributed by atoms with van der Waals surface area (Å²) >= 11 is 0. The summed E-state index contributed by atoms with van der Waals surface area (Å²) < 4.78 is 0. The van der Waals surface area contributed by atoms with Crippen LogP contribution >= 0.6 is 0 Å². The number of nitrogens with zero attached hydrogens (tertiary/aromatic N) is 2. The van der Waals surface area contributed by atoms with Crippen LogP contribution in [0.5, 0.6) is 0 Å². The molecule has 1 aromatic carbocycles. The molecule has 0 spiro atoms. The zero-order valence-corrected chi connectivity index (χ0v) is 11.7. The Morgan fingerprint density at radius 1 is 1.25 bits per heavy atom. The fourth-order valence-electron chi connectivity index (χ4n) is 1.90. The minimum absolute atomic E-state index is 0.113. The van der Waals surface area contributed by atoms with Crippen molar-refractivity contribution in [3.8, 4) is 0 Å². The molecule has 5 nitrogen and oxygen atoms in total. The van der Waals surface area contributed by atoms with Crippen molar-refractivity contribution in [3.05, 3.63) is 53.6 Å². The van der Waals surface area contributed by atoms with Gasteiger partial charge in [-0.05, 0) is 32.0 Å². The molecule has 0 aliphatic carbocycles. The third-order valence-electron chi connectivity index (χ3n) is 2.80. The number of benzene rings is 1. The lowest BCUT2D eigenvalue weighted by Crippen LogP contribution is -2.24. The highest BCUT2D eigenvalue weighted by molar-refractivity contribution is 5.99. The van der Waals surface area contributed by atoms with E-state index in [1.54, 1.807) is 18.3 Å². The molecule has 0 bridgehead atoms. The van der Waals surface area contributed by atoms with Gasteiger partial charge < -0.3 is 10.6 Å². The minimum atomic E-state index is -0.113. The standard InChI is InChI=1S/C15H18N4O/c1-3-16-14-7-5-4-6-13(14)15(20)18-10-12-8-9-17-11(2)19-12/h4-9,16H,3,10H2,1-2H3,(H,18,20). The van der Waals surface area contributed by atoms with Gasteiger partial charge in [0.15, 0.2) is 0 Å². The van der Waals surface area contributed by atoms with Crippen LogP contribution in [0, 0.1) is 6.92 Å². The lowest BCUT2D eigenvalue weighted by atomic mass is 10.1. The summed E-state index contributed by atoms with van der Waals surface area (Å²) in [4.78, 5) is 20.5. The second kappa shape index (κ2) is 6.65. The Morgan fingerprint density at radius 3 is 2.80 bits per heavy atom. The minimum Gasteiger partial charge on any atom is -0.385 e. The molecule has 2 rings (SSSR count). The Labute approximate surface area is 118 Å². The van der Waals surface area contributed by atoms with Crippen molar-refractivity contribution in [2.24, 2.45) is 0 Å². The Balaban J connectivity index is 2.05. The molecule has 0 radical (unpaired) electrons. The fourth-order valence-corrected chi connectivity index (χ4v) is 1.90. The van der Waals surface area contributed by atoms with Crippen LogP contribution in [0.3, 0.4) is 0 Å². The van der Waals surface area contributed by atoms with Crippen LogP contribution in [0.25, 0.3) is 0 Å². The summed E-state index contributed by atoms with van der Waals surface area (Å²) in [6.45, 7) is 4.99. The Kier molecular flexibility index (Phi) is 4.65. The van der Waals surface area contributed by atoms with E-state index in [1.807, 2.05) is 32.0 Å². The molecule has 2 N–H and O–H groups in total. The second-order valence-electron chi connectivity index (χ2n) is 4.35. The van der Waals surface area contributed by atoms with Gasteiger partial charge in [-0.1, -0.05) is 12.1 Å². The van der Waals surface area contributed by atoms with Crippen molar-refractivity contribution < 1.29 is 4.79 Å². The van der Waals surface area contributed by atoms with Gasteiger partial charge in [0, 0.05) is 18.4 Å². The number of carbonyl (C=O) groups is 1. The Morgan fingerprint density at radius 2 is 2.05 bits per heavy atom. The largest absolute Gasteiger partial charge is 0.385 e. The summed E-state index contributed by atoms with van der Waals surface area (Å²) in [5, 5.41) is 6.05. The van der Waals surface area contributed by atoms with Crippen LogP contribution in [0.1, 0.15) is 28.8 Å². The van der Waals surface area contributed by atoms with Gasteiger partial charge in [0.1, 0.15) is 5.82 Å². The third kappa shape index (κ3) is 3.54. The van der Waals surface area contributed by atoms with Gasteiger partial charge in [-0.3, -0.25) is 4.79 Å². The van der Waals surface area contributed by atoms with Crippen molar-refractivity contribution in [2.75, 3.05) is 11.9 Å². The molecule has 1 heterocycles. The highest BCUT2D eigenvalue weighted by Crippen LogP contribution is 2.14. The van der Waals surface area contributed by atoms with Crippen molar-refractivity contribution in [3.63, 3.8) is 0 Å². The van der Waals surface area contributed by atoms with Crippen LogP contribution in [0.15, 0.2) is 36.5 Å². The summed E-state index contributed by atoms with van der Waals surface area (Å²) in [6, 6.07) is 9.25.